The fourth-order valence-electron chi connectivity index (χ4n) is 9.23. The topological polar surface area (TPSA) is 61.8 Å². The molecule has 1 atom stereocenters. The lowest BCUT2D eigenvalue weighted by Gasteiger charge is -2.18. The van der Waals surface area contributed by atoms with Gasteiger partial charge in [0.15, 0.2) is 6.10 Å². The van der Waals surface area contributed by atoms with Gasteiger partial charge in [-0.3, -0.25) is 9.59 Å². The minimum atomic E-state index is -0.541. The molecule has 0 aliphatic rings. The van der Waals surface area contributed by atoms with Crippen LogP contribution < -0.4 is 0 Å². The number of unbranched alkanes of at least 4 members (excludes halogenated alkanes) is 39. The molecule has 0 aromatic rings. The second kappa shape index (κ2) is 61.2. The highest BCUT2D eigenvalue weighted by molar-refractivity contribution is 5.70. The highest BCUT2D eigenvalue weighted by Crippen LogP contribution is 2.17. The zero-order chi connectivity index (χ0) is 50.6. The quantitative estimate of drug-likeness (QED) is 0.0345. The second-order valence-electron chi connectivity index (χ2n) is 20.9. The molecular formula is C65H120O5. The van der Waals surface area contributed by atoms with Crippen molar-refractivity contribution in [3.63, 3.8) is 0 Å². The van der Waals surface area contributed by atoms with Gasteiger partial charge in [-0.1, -0.05) is 288 Å². The van der Waals surface area contributed by atoms with Crippen LogP contribution in [0.25, 0.3) is 0 Å². The van der Waals surface area contributed by atoms with Crippen LogP contribution in [0.1, 0.15) is 329 Å². The molecule has 410 valence electrons. The molecule has 0 fully saturated rings. The van der Waals surface area contributed by atoms with Gasteiger partial charge in [0, 0.05) is 19.4 Å². The molecule has 70 heavy (non-hydrogen) atoms. The maximum atomic E-state index is 12.9. The number of allylic oxidation sites excluding steroid dienone is 8. The van der Waals surface area contributed by atoms with Crippen molar-refractivity contribution in [2.75, 3.05) is 19.8 Å². The van der Waals surface area contributed by atoms with E-state index in [1.54, 1.807) is 0 Å². The summed E-state index contributed by atoms with van der Waals surface area (Å²) in [5.41, 5.74) is 0. The van der Waals surface area contributed by atoms with Crippen LogP contribution in [0, 0.1) is 0 Å². The first-order valence-corrected chi connectivity index (χ1v) is 31.2. The Morgan fingerprint density at radius 1 is 0.329 bits per heavy atom. The molecular weight excluding hydrogens is 861 g/mol. The van der Waals surface area contributed by atoms with Crippen molar-refractivity contribution in [1.82, 2.24) is 0 Å². The van der Waals surface area contributed by atoms with Crippen LogP contribution in [-0.4, -0.2) is 37.9 Å². The molecule has 0 N–H and O–H groups in total. The van der Waals surface area contributed by atoms with Crippen LogP contribution >= 0.6 is 0 Å². The lowest BCUT2D eigenvalue weighted by atomic mass is 10.0. The SMILES string of the molecule is CC/C=C\C/C=C\C/C=C\CCCCCCCCCC(=O)OCC(COCCCCCCCCCCCCCCCCCCCCCC)OC(=O)CCCCCCCCC/C=C\CCCCCCCC. The highest BCUT2D eigenvalue weighted by atomic mass is 16.6. The fourth-order valence-corrected chi connectivity index (χ4v) is 9.23. The molecule has 0 saturated heterocycles. The van der Waals surface area contributed by atoms with Crippen LogP contribution in [0.2, 0.25) is 0 Å². The predicted octanol–water partition coefficient (Wildman–Crippen LogP) is 21.5. The molecule has 0 rings (SSSR count). The Bertz CT molecular complexity index is 1150. The fraction of sp³-hybridized carbons (Fsp3) is 0.846. The summed E-state index contributed by atoms with van der Waals surface area (Å²) in [6.45, 7) is 7.77. The van der Waals surface area contributed by atoms with Gasteiger partial charge in [0.25, 0.3) is 0 Å². The van der Waals surface area contributed by atoms with Crippen LogP contribution in [0.3, 0.4) is 0 Å². The van der Waals surface area contributed by atoms with Gasteiger partial charge in [-0.2, -0.15) is 0 Å². The summed E-state index contributed by atoms with van der Waals surface area (Å²) in [5, 5.41) is 0. The molecule has 0 aliphatic carbocycles. The minimum Gasteiger partial charge on any atom is -0.462 e. The Labute approximate surface area is 437 Å². The third-order valence-electron chi connectivity index (χ3n) is 13.8. The molecule has 0 heterocycles. The Hall–Kier alpha value is -2.14. The monoisotopic (exact) mass is 981 g/mol. The van der Waals surface area contributed by atoms with Crippen LogP contribution in [0.5, 0.6) is 0 Å². The number of carbonyl (C=O) groups excluding carboxylic acids is 2. The Kier molecular flexibility index (Phi) is 59.3. The lowest BCUT2D eigenvalue weighted by molar-refractivity contribution is -0.163. The molecule has 0 aromatic heterocycles. The largest absolute Gasteiger partial charge is 0.462 e. The summed E-state index contributed by atoms with van der Waals surface area (Å²) in [6.07, 6.45) is 77.2. The van der Waals surface area contributed by atoms with Gasteiger partial charge >= 0.3 is 11.9 Å². The van der Waals surface area contributed by atoms with E-state index in [1.807, 2.05) is 0 Å². The normalized spacial score (nSPS) is 12.4. The number of hydrogen-bond donors (Lipinski definition) is 0. The van der Waals surface area contributed by atoms with Crippen molar-refractivity contribution >= 4 is 11.9 Å². The van der Waals surface area contributed by atoms with E-state index in [0.717, 1.165) is 64.2 Å². The summed E-state index contributed by atoms with van der Waals surface area (Å²) >= 11 is 0. The van der Waals surface area contributed by atoms with Crippen molar-refractivity contribution in [2.45, 2.75) is 335 Å². The zero-order valence-electron chi connectivity index (χ0n) is 47.3. The molecule has 0 amide bonds. The first-order valence-electron chi connectivity index (χ1n) is 31.2. The minimum absolute atomic E-state index is 0.0824. The molecule has 0 radical (unpaired) electrons. The van der Waals surface area contributed by atoms with Gasteiger partial charge in [0.05, 0.1) is 6.61 Å². The Balaban J connectivity index is 4.24. The summed E-state index contributed by atoms with van der Waals surface area (Å²) < 4.78 is 17.5. The first kappa shape index (κ1) is 67.9. The van der Waals surface area contributed by atoms with Gasteiger partial charge in [-0.25, -0.2) is 0 Å². The molecule has 0 spiro atoms. The Morgan fingerprint density at radius 3 is 1.04 bits per heavy atom. The molecule has 0 aliphatic heterocycles. The Morgan fingerprint density at radius 2 is 0.643 bits per heavy atom. The van der Waals surface area contributed by atoms with Crippen molar-refractivity contribution in [3.05, 3.63) is 48.6 Å². The van der Waals surface area contributed by atoms with E-state index in [1.165, 1.54) is 231 Å². The lowest BCUT2D eigenvalue weighted by Crippen LogP contribution is -2.30. The third kappa shape index (κ3) is 58.4. The average molecular weight is 982 g/mol. The van der Waals surface area contributed by atoms with E-state index in [-0.39, 0.29) is 25.2 Å². The van der Waals surface area contributed by atoms with Gasteiger partial charge in [0.2, 0.25) is 0 Å². The second-order valence-corrected chi connectivity index (χ2v) is 20.9. The summed E-state index contributed by atoms with van der Waals surface area (Å²) in [7, 11) is 0. The van der Waals surface area contributed by atoms with Gasteiger partial charge in [0.1, 0.15) is 6.61 Å². The molecule has 1 unspecified atom stereocenters. The van der Waals surface area contributed by atoms with Crippen molar-refractivity contribution in [1.29, 1.82) is 0 Å². The molecule has 0 saturated carbocycles. The molecule has 0 bridgehead atoms. The van der Waals surface area contributed by atoms with Gasteiger partial charge in [-0.05, 0) is 77.0 Å². The van der Waals surface area contributed by atoms with Crippen molar-refractivity contribution in [2.24, 2.45) is 0 Å². The highest BCUT2D eigenvalue weighted by Gasteiger charge is 2.18. The van der Waals surface area contributed by atoms with Crippen LogP contribution in [0.4, 0.5) is 0 Å². The third-order valence-corrected chi connectivity index (χ3v) is 13.8. The molecule has 0 aromatic carbocycles. The summed E-state index contributed by atoms with van der Waals surface area (Å²) in [4.78, 5) is 25.6. The maximum absolute atomic E-state index is 12.9. The maximum Gasteiger partial charge on any atom is 0.306 e. The molecule has 5 nitrogen and oxygen atoms in total. The molecule has 5 heteroatoms. The summed E-state index contributed by atoms with van der Waals surface area (Å²) in [5.74, 6) is -0.395. The number of hydrogen-bond acceptors (Lipinski definition) is 5. The van der Waals surface area contributed by atoms with Crippen LogP contribution in [-0.2, 0) is 23.8 Å². The van der Waals surface area contributed by atoms with E-state index >= 15 is 0 Å². The summed E-state index contributed by atoms with van der Waals surface area (Å²) in [6, 6.07) is 0. The predicted molar refractivity (Wildman–Crippen MR) is 307 cm³/mol. The smallest absolute Gasteiger partial charge is 0.306 e. The van der Waals surface area contributed by atoms with E-state index in [0.29, 0.717) is 19.4 Å². The van der Waals surface area contributed by atoms with Gasteiger partial charge < -0.3 is 14.2 Å². The van der Waals surface area contributed by atoms with E-state index in [2.05, 4.69) is 69.4 Å². The van der Waals surface area contributed by atoms with Gasteiger partial charge in [-0.15, -0.1) is 0 Å². The number of esters is 2. The van der Waals surface area contributed by atoms with Crippen molar-refractivity contribution in [3.8, 4) is 0 Å². The van der Waals surface area contributed by atoms with E-state index in [4.69, 9.17) is 14.2 Å². The first-order chi connectivity index (χ1) is 34.6. The standard InChI is InChI=1S/C65H120O5/c1-4-7-10-13-16-19-22-25-28-31-32-33-36-39-42-45-48-51-54-57-60-68-61-63(70-65(67)59-56-53-50-47-44-41-38-35-30-27-24-21-18-15-12-9-6-3)62-69-64(66)58-55-52-49-46-43-40-37-34-29-26-23-20-17-14-11-8-5-2/h8,11,17,20,26-27,29-30,63H,4-7,9-10,12-16,18-19,21-25,28,31-62H2,1-3H3/b11-8-,20-17-,29-26-,30-27-. The number of ether oxygens (including phenoxy) is 3. The van der Waals surface area contributed by atoms with E-state index in [9.17, 15) is 9.59 Å². The zero-order valence-corrected chi connectivity index (χ0v) is 47.3. The van der Waals surface area contributed by atoms with Crippen molar-refractivity contribution < 1.29 is 23.8 Å². The number of carbonyl (C=O) groups is 2. The number of rotatable bonds is 58. The van der Waals surface area contributed by atoms with E-state index < -0.39 is 6.10 Å². The van der Waals surface area contributed by atoms with Crippen LogP contribution in [0.15, 0.2) is 48.6 Å². The average Bonchev–Trinajstić information content (AvgIpc) is 3.36.